The minimum Gasteiger partial charge on any atom is -0.277 e. The Kier molecular flexibility index (Phi) is 3.75. The molecule has 1 aromatic rings. The minimum absolute atomic E-state index is 0.185. The van der Waals surface area contributed by atoms with Crippen molar-refractivity contribution in [3.63, 3.8) is 0 Å². The molecule has 1 aliphatic heterocycles. The van der Waals surface area contributed by atoms with Gasteiger partial charge in [-0.15, -0.1) is 11.3 Å². The molecule has 3 rings (SSSR count). The van der Waals surface area contributed by atoms with Crippen molar-refractivity contribution in [3.05, 3.63) is 16.6 Å². The first-order chi connectivity index (χ1) is 10.1. The summed E-state index contributed by atoms with van der Waals surface area (Å²) < 4.78 is 0. The lowest BCUT2D eigenvalue weighted by molar-refractivity contribution is -0.153. The Morgan fingerprint density at radius 3 is 2.52 bits per heavy atom. The highest BCUT2D eigenvalue weighted by atomic mass is 32.1. The average Bonchev–Trinajstić information content (AvgIpc) is 2.84. The molecule has 2 aliphatic rings. The van der Waals surface area contributed by atoms with Gasteiger partial charge < -0.3 is 0 Å². The van der Waals surface area contributed by atoms with Crippen molar-refractivity contribution in [2.75, 3.05) is 0 Å². The molecule has 1 N–H and O–H groups in total. The number of urea groups is 1. The summed E-state index contributed by atoms with van der Waals surface area (Å²) >= 11 is 1.39. The Morgan fingerprint density at radius 2 is 1.90 bits per heavy atom. The van der Waals surface area contributed by atoms with Gasteiger partial charge in [0.25, 0.3) is 0 Å². The SMILES string of the molecule is O=C1NC(=O)C2(CCCCCC2)C(=O)N1Cc1cncs1. The fourth-order valence-corrected chi connectivity index (χ4v) is 3.71. The molecule has 1 aromatic heterocycles. The third-order valence-electron chi connectivity index (χ3n) is 4.31. The monoisotopic (exact) mass is 307 g/mol. The number of aromatic nitrogens is 1. The first-order valence-electron chi connectivity index (χ1n) is 7.18. The van der Waals surface area contributed by atoms with Gasteiger partial charge in [-0.1, -0.05) is 25.7 Å². The highest BCUT2D eigenvalue weighted by molar-refractivity contribution is 7.09. The van der Waals surface area contributed by atoms with Crippen LogP contribution >= 0.6 is 11.3 Å². The zero-order valence-electron chi connectivity index (χ0n) is 11.6. The van der Waals surface area contributed by atoms with E-state index in [9.17, 15) is 14.4 Å². The zero-order valence-corrected chi connectivity index (χ0v) is 12.4. The Labute approximate surface area is 126 Å². The predicted molar refractivity (Wildman–Crippen MR) is 76.3 cm³/mol. The van der Waals surface area contributed by atoms with E-state index >= 15 is 0 Å². The summed E-state index contributed by atoms with van der Waals surface area (Å²) in [5.41, 5.74) is 0.614. The molecule has 1 saturated heterocycles. The van der Waals surface area contributed by atoms with E-state index in [1.165, 1.54) is 16.2 Å². The van der Waals surface area contributed by atoms with Crippen LogP contribution in [0.15, 0.2) is 11.7 Å². The van der Waals surface area contributed by atoms with Crippen LogP contribution in [0.25, 0.3) is 0 Å². The molecule has 21 heavy (non-hydrogen) atoms. The summed E-state index contributed by atoms with van der Waals surface area (Å²) in [5, 5.41) is 2.37. The first kappa shape index (κ1) is 14.2. The fourth-order valence-electron chi connectivity index (χ4n) is 3.12. The molecule has 7 heteroatoms. The molecule has 0 bridgehead atoms. The lowest BCUT2D eigenvalue weighted by Gasteiger charge is -2.38. The summed E-state index contributed by atoms with van der Waals surface area (Å²) in [6.07, 6.45) is 6.47. The lowest BCUT2D eigenvalue weighted by Crippen LogP contribution is -2.63. The number of thiazole rings is 1. The second-order valence-electron chi connectivity index (χ2n) is 5.61. The molecule has 0 radical (unpaired) electrons. The number of imide groups is 2. The Morgan fingerprint density at radius 1 is 1.19 bits per heavy atom. The Balaban J connectivity index is 1.89. The van der Waals surface area contributed by atoms with Gasteiger partial charge in [-0.3, -0.25) is 24.8 Å². The summed E-state index contributed by atoms with van der Waals surface area (Å²) in [4.78, 5) is 43.1. The average molecular weight is 307 g/mol. The highest BCUT2D eigenvalue weighted by Gasteiger charge is 2.53. The van der Waals surface area contributed by atoms with E-state index in [2.05, 4.69) is 10.3 Å². The minimum atomic E-state index is -1.05. The van der Waals surface area contributed by atoms with E-state index < -0.39 is 17.4 Å². The van der Waals surface area contributed by atoms with Crippen molar-refractivity contribution in [1.29, 1.82) is 0 Å². The summed E-state index contributed by atoms with van der Waals surface area (Å²) in [6.45, 7) is 0.185. The number of barbiturate groups is 1. The first-order valence-corrected chi connectivity index (χ1v) is 8.06. The van der Waals surface area contributed by atoms with E-state index in [0.29, 0.717) is 12.8 Å². The van der Waals surface area contributed by atoms with Crippen molar-refractivity contribution >= 4 is 29.2 Å². The number of carbonyl (C=O) groups is 3. The summed E-state index contributed by atoms with van der Waals surface area (Å²) in [7, 11) is 0. The molecule has 2 heterocycles. The normalized spacial score (nSPS) is 22.3. The van der Waals surface area contributed by atoms with Crippen molar-refractivity contribution in [2.24, 2.45) is 5.41 Å². The van der Waals surface area contributed by atoms with Crippen molar-refractivity contribution < 1.29 is 14.4 Å². The van der Waals surface area contributed by atoms with Crippen LogP contribution in [-0.4, -0.2) is 27.7 Å². The molecule has 6 nitrogen and oxygen atoms in total. The van der Waals surface area contributed by atoms with Crippen molar-refractivity contribution in [1.82, 2.24) is 15.2 Å². The second kappa shape index (κ2) is 5.55. The van der Waals surface area contributed by atoms with Gasteiger partial charge in [0.2, 0.25) is 11.8 Å². The van der Waals surface area contributed by atoms with Crippen LogP contribution < -0.4 is 5.32 Å². The fraction of sp³-hybridized carbons (Fsp3) is 0.571. The van der Waals surface area contributed by atoms with E-state index in [1.54, 1.807) is 11.7 Å². The number of nitrogens with one attached hydrogen (secondary N) is 1. The maximum absolute atomic E-state index is 12.8. The molecule has 1 saturated carbocycles. The largest absolute Gasteiger partial charge is 0.331 e. The van der Waals surface area contributed by atoms with Crippen molar-refractivity contribution in [2.45, 2.75) is 45.1 Å². The molecule has 4 amide bonds. The predicted octanol–water partition coefficient (Wildman–Crippen LogP) is 2.06. The summed E-state index contributed by atoms with van der Waals surface area (Å²) in [5.74, 6) is -0.758. The maximum Gasteiger partial charge on any atom is 0.331 e. The van der Waals surface area contributed by atoms with Crippen LogP contribution in [0.5, 0.6) is 0 Å². The molecule has 1 spiro atoms. The molecular formula is C14H17N3O3S. The van der Waals surface area contributed by atoms with E-state index in [0.717, 1.165) is 30.6 Å². The van der Waals surface area contributed by atoms with Gasteiger partial charge in [-0.25, -0.2) is 4.79 Å². The number of carbonyl (C=O) groups excluding carboxylic acids is 3. The number of hydrogen-bond acceptors (Lipinski definition) is 5. The van der Waals surface area contributed by atoms with Gasteiger partial charge in [-0.05, 0) is 12.8 Å². The highest BCUT2D eigenvalue weighted by Crippen LogP contribution is 2.39. The smallest absolute Gasteiger partial charge is 0.277 e. The number of rotatable bonds is 2. The summed E-state index contributed by atoms with van der Waals surface area (Å²) in [6, 6.07) is -0.617. The third-order valence-corrected chi connectivity index (χ3v) is 5.07. The van der Waals surface area contributed by atoms with Gasteiger partial charge in [0.15, 0.2) is 0 Å². The number of hydrogen-bond donors (Lipinski definition) is 1. The topological polar surface area (TPSA) is 79.4 Å². The van der Waals surface area contributed by atoms with E-state index in [4.69, 9.17) is 0 Å². The van der Waals surface area contributed by atoms with E-state index in [-0.39, 0.29) is 12.5 Å². The van der Waals surface area contributed by atoms with Gasteiger partial charge >= 0.3 is 6.03 Å². The Bertz CT molecular complexity index is 562. The number of amides is 4. The molecule has 0 aromatic carbocycles. The van der Waals surface area contributed by atoms with Gasteiger partial charge in [0.1, 0.15) is 5.41 Å². The molecular weight excluding hydrogens is 290 g/mol. The third kappa shape index (κ3) is 2.46. The lowest BCUT2D eigenvalue weighted by atomic mass is 9.77. The van der Waals surface area contributed by atoms with Crippen LogP contribution in [0, 0.1) is 5.41 Å². The standard InChI is InChI=1S/C14H17N3O3S/c18-11-14(5-3-1-2-4-6-14)12(19)17(13(20)16-11)8-10-7-15-9-21-10/h7,9H,1-6,8H2,(H,16,18,20). The second-order valence-corrected chi connectivity index (χ2v) is 6.59. The van der Waals surface area contributed by atoms with Crippen LogP contribution in [0.4, 0.5) is 4.79 Å². The Hall–Kier alpha value is -1.76. The van der Waals surface area contributed by atoms with Crippen LogP contribution in [0.3, 0.4) is 0 Å². The zero-order chi connectivity index (χ0) is 14.9. The molecule has 1 aliphatic carbocycles. The van der Waals surface area contributed by atoms with Gasteiger partial charge in [0, 0.05) is 11.1 Å². The quantitative estimate of drug-likeness (QED) is 0.848. The maximum atomic E-state index is 12.8. The van der Waals surface area contributed by atoms with Crippen LogP contribution in [0.1, 0.15) is 43.4 Å². The van der Waals surface area contributed by atoms with Gasteiger partial charge in [0.05, 0.1) is 12.1 Å². The van der Waals surface area contributed by atoms with Gasteiger partial charge in [-0.2, -0.15) is 0 Å². The number of nitrogens with zero attached hydrogens (tertiary/aromatic N) is 2. The molecule has 0 unspecified atom stereocenters. The van der Waals surface area contributed by atoms with Crippen molar-refractivity contribution in [3.8, 4) is 0 Å². The molecule has 112 valence electrons. The van der Waals surface area contributed by atoms with Crippen LogP contribution in [-0.2, 0) is 16.1 Å². The van der Waals surface area contributed by atoms with E-state index in [1.807, 2.05) is 0 Å². The molecule has 0 atom stereocenters. The molecule has 2 fully saturated rings. The van der Waals surface area contributed by atoms with Crippen LogP contribution in [0.2, 0.25) is 0 Å².